The van der Waals surface area contributed by atoms with Crippen LogP contribution in [0.3, 0.4) is 0 Å². The van der Waals surface area contributed by atoms with Crippen molar-refractivity contribution in [2.75, 3.05) is 60.0 Å². The molecule has 0 bridgehead atoms. The van der Waals surface area contributed by atoms with Crippen LogP contribution in [-0.2, 0) is 27.4 Å². The van der Waals surface area contributed by atoms with Gasteiger partial charge in [-0.15, -0.1) is 0 Å². The minimum absolute atomic E-state index is 0.0156. The Morgan fingerprint density at radius 3 is 2.28 bits per heavy atom. The molecule has 3 fully saturated rings. The van der Waals surface area contributed by atoms with Gasteiger partial charge in [0.2, 0.25) is 11.8 Å². The SMILES string of the molecule is CN(C)CCOC(=O)c1c(COC[C@@H]2CN(C(=O)c3cnn(Cc4ccc(F)cc4)c3)CC23CN(C(=O)C(C)(C)C(F)(F)F)C3)cccc1C1CCC(F)(F)CC1. The van der Waals surface area contributed by atoms with Gasteiger partial charge in [0.15, 0.2) is 0 Å². The number of likely N-dealkylation sites (N-methyl/N-ethyl adjacent to an activating group) is 1. The van der Waals surface area contributed by atoms with Crippen molar-refractivity contribution in [1.29, 1.82) is 0 Å². The summed E-state index contributed by atoms with van der Waals surface area (Å²) >= 11 is 0. The number of ether oxygens (including phenoxy) is 2. The maximum atomic E-state index is 14.1. The molecule has 1 aromatic heterocycles. The van der Waals surface area contributed by atoms with Crippen molar-refractivity contribution in [3.8, 4) is 0 Å². The topological polar surface area (TPSA) is 97.2 Å². The van der Waals surface area contributed by atoms with E-state index >= 15 is 0 Å². The van der Waals surface area contributed by atoms with E-state index in [0.717, 1.165) is 19.4 Å². The summed E-state index contributed by atoms with van der Waals surface area (Å²) in [6, 6.07) is 11.1. The molecule has 16 heteroatoms. The Hall–Kier alpha value is -4.44. The smallest absolute Gasteiger partial charge is 0.402 e. The lowest BCUT2D eigenvalue weighted by Crippen LogP contribution is -2.66. The van der Waals surface area contributed by atoms with E-state index in [2.05, 4.69) is 5.10 Å². The van der Waals surface area contributed by atoms with Gasteiger partial charge in [-0.05, 0) is 75.5 Å². The highest BCUT2D eigenvalue weighted by Gasteiger charge is 2.61. The minimum Gasteiger partial charge on any atom is -0.461 e. The van der Waals surface area contributed by atoms with Crippen LogP contribution in [0.25, 0.3) is 0 Å². The molecule has 2 aliphatic heterocycles. The fraction of sp³-hybridized carbons (Fsp3) is 0.561. The van der Waals surface area contributed by atoms with E-state index in [-0.39, 0.29) is 100 Å². The summed E-state index contributed by atoms with van der Waals surface area (Å²) in [6.45, 7) is 2.88. The molecule has 0 N–H and O–H groups in total. The summed E-state index contributed by atoms with van der Waals surface area (Å²) in [5.74, 6) is -5.80. The summed E-state index contributed by atoms with van der Waals surface area (Å²) < 4.78 is 96.6. The van der Waals surface area contributed by atoms with Crippen LogP contribution in [-0.4, -0.2) is 114 Å². The Morgan fingerprint density at radius 2 is 1.63 bits per heavy atom. The Labute approximate surface area is 328 Å². The van der Waals surface area contributed by atoms with Gasteiger partial charge in [-0.2, -0.15) is 18.3 Å². The third kappa shape index (κ3) is 9.32. The quantitative estimate of drug-likeness (QED) is 0.139. The number of likely N-dealkylation sites (tertiary alicyclic amines) is 2. The second kappa shape index (κ2) is 16.4. The molecule has 3 aliphatic rings. The van der Waals surface area contributed by atoms with E-state index in [4.69, 9.17) is 9.47 Å². The van der Waals surface area contributed by atoms with Crippen molar-refractivity contribution in [1.82, 2.24) is 24.5 Å². The number of benzene rings is 2. The highest BCUT2D eigenvalue weighted by Crippen LogP contribution is 2.48. The number of alkyl halides is 5. The van der Waals surface area contributed by atoms with Crippen LogP contribution < -0.4 is 0 Å². The number of aromatic nitrogens is 2. The van der Waals surface area contributed by atoms with Crippen molar-refractivity contribution in [2.45, 2.75) is 70.7 Å². The molecular formula is C41H49F6N5O5. The second-order valence-electron chi connectivity index (χ2n) is 16.5. The zero-order valence-corrected chi connectivity index (χ0v) is 32.6. The van der Waals surface area contributed by atoms with Crippen LogP contribution in [0.4, 0.5) is 26.3 Å². The first-order valence-electron chi connectivity index (χ1n) is 19.1. The van der Waals surface area contributed by atoms with Gasteiger partial charge >= 0.3 is 12.1 Å². The lowest BCUT2D eigenvalue weighted by Gasteiger charge is -2.52. The lowest BCUT2D eigenvalue weighted by atomic mass is 9.70. The van der Waals surface area contributed by atoms with Gasteiger partial charge in [-0.3, -0.25) is 14.3 Å². The highest BCUT2D eigenvalue weighted by molar-refractivity contribution is 5.94. The van der Waals surface area contributed by atoms with Crippen LogP contribution in [0, 0.1) is 22.6 Å². The molecule has 3 aromatic rings. The Morgan fingerprint density at radius 1 is 0.965 bits per heavy atom. The number of hydrogen-bond acceptors (Lipinski definition) is 7. The van der Waals surface area contributed by atoms with Crippen molar-refractivity contribution < 1.29 is 50.2 Å². The van der Waals surface area contributed by atoms with Crippen LogP contribution >= 0.6 is 0 Å². The molecule has 57 heavy (non-hydrogen) atoms. The van der Waals surface area contributed by atoms with Crippen molar-refractivity contribution in [3.63, 3.8) is 0 Å². The predicted octanol–water partition coefficient (Wildman–Crippen LogP) is 6.79. The van der Waals surface area contributed by atoms with E-state index in [1.807, 2.05) is 19.0 Å². The van der Waals surface area contributed by atoms with E-state index in [0.29, 0.717) is 24.2 Å². The van der Waals surface area contributed by atoms with Gasteiger partial charge in [-0.1, -0.05) is 30.3 Å². The number of rotatable bonds is 13. The Balaban J connectivity index is 1.20. The second-order valence-corrected chi connectivity index (χ2v) is 16.5. The molecule has 1 aliphatic carbocycles. The molecule has 2 saturated heterocycles. The number of nitrogens with zero attached hydrogens (tertiary/aromatic N) is 5. The third-order valence-corrected chi connectivity index (χ3v) is 11.7. The molecule has 1 saturated carbocycles. The lowest BCUT2D eigenvalue weighted by molar-refractivity contribution is -0.223. The molecule has 1 atom stereocenters. The number of hydrogen-bond donors (Lipinski definition) is 0. The number of esters is 1. The molecule has 1 spiro atoms. The van der Waals surface area contributed by atoms with Gasteiger partial charge in [0.05, 0.1) is 37.1 Å². The van der Waals surface area contributed by atoms with Gasteiger partial charge in [0.25, 0.3) is 5.91 Å². The van der Waals surface area contributed by atoms with Crippen molar-refractivity contribution in [2.24, 2.45) is 16.7 Å². The fourth-order valence-electron chi connectivity index (χ4n) is 8.05. The first-order valence-corrected chi connectivity index (χ1v) is 19.1. The first kappa shape index (κ1) is 42.2. The summed E-state index contributed by atoms with van der Waals surface area (Å²) in [4.78, 5) is 45.2. The standard InChI is InChI=1S/C41H49F6N5O5/c1-38(2,41(45,46)47)37(55)51-25-39(26-51)24-50(35(53)30-18-48-52(20-30)19-27-8-10-32(42)11-9-27)21-31(39)23-56-22-29-6-5-7-33(28-12-14-40(43,44)15-13-28)34(29)36(54)57-17-16-49(3)4/h5-11,18,20,28,31H,12-17,19,21-26H2,1-4H3/t31-/m0/s1. The number of carbonyl (C=O) groups is 3. The predicted molar refractivity (Wildman–Crippen MR) is 197 cm³/mol. The monoisotopic (exact) mass is 805 g/mol. The molecule has 310 valence electrons. The van der Waals surface area contributed by atoms with E-state index in [1.165, 1.54) is 23.2 Å². The minimum atomic E-state index is -4.76. The summed E-state index contributed by atoms with van der Waals surface area (Å²) in [5, 5.41) is 4.30. The summed E-state index contributed by atoms with van der Waals surface area (Å²) in [7, 11) is 3.68. The molecule has 10 nitrogen and oxygen atoms in total. The largest absolute Gasteiger partial charge is 0.461 e. The Bertz CT molecular complexity index is 1910. The number of amides is 2. The van der Waals surface area contributed by atoms with Gasteiger partial charge in [0, 0.05) is 63.1 Å². The molecule has 3 heterocycles. The maximum Gasteiger partial charge on any atom is 0.402 e. The average molecular weight is 806 g/mol. The molecule has 2 amide bonds. The molecular weight excluding hydrogens is 756 g/mol. The molecule has 0 unspecified atom stereocenters. The van der Waals surface area contributed by atoms with Crippen LogP contribution in [0.2, 0.25) is 0 Å². The number of carbonyl (C=O) groups excluding carboxylic acids is 3. The van der Waals surface area contributed by atoms with Gasteiger partial charge in [-0.25, -0.2) is 18.0 Å². The number of halogens is 6. The van der Waals surface area contributed by atoms with Gasteiger partial charge < -0.3 is 24.2 Å². The molecule has 0 radical (unpaired) electrons. The first-order chi connectivity index (χ1) is 26.8. The normalized spacial score (nSPS) is 19.6. The highest BCUT2D eigenvalue weighted by atomic mass is 19.4. The average Bonchev–Trinajstić information content (AvgIpc) is 3.76. The maximum absolute atomic E-state index is 14.1. The third-order valence-electron chi connectivity index (χ3n) is 11.7. The van der Waals surface area contributed by atoms with E-state index < -0.39 is 40.7 Å². The van der Waals surface area contributed by atoms with E-state index in [9.17, 15) is 40.7 Å². The molecule has 2 aromatic carbocycles. The Kier molecular flexibility index (Phi) is 12.2. The van der Waals surface area contributed by atoms with Crippen molar-refractivity contribution in [3.05, 3.63) is 88.5 Å². The fourth-order valence-corrected chi connectivity index (χ4v) is 8.05. The van der Waals surface area contributed by atoms with E-state index in [1.54, 1.807) is 46.1 Å². The van der Waals surface area contributed by atoms with Crippen LogP contribution in [0.15, 0.2) is 54.9 Å². The zero-order chi connectivity index (χ0) is 41.3. The zero-order valence-electron chi connectivity index (χ0n) is 32.6. The van der Waals surface area contributed by atoms with Crippen LogP contribution in [0.5, 0.6) is 0 Å². The summed E-state index contributed by atoms with van der Waals surface area (Å²) in [5.41, 5.74) is -0.912. The summed E-state index contributed by atoms with van der Waals surface area (Å²) in [6.07, 6.45) is -1.94. The van der Waals surface area contributed by atoms with Gasteiger partial charge in [0.1, 0.15) is 17.8 Å². The van der Waals surface area contributed by atoms with Crippen LogP contribution in [0.1, 0.15) is 82.9 Å². The molecule has 6 rings (SSSR count). The van der Waals surface area contributed by atoms with Crippen molar-refractivity contribution >= 4 is 17.8 Å².